The molecule has 0 aliphatic carbocycles. The number of nitrogens with two attached hydrogens (primary N) is 1. The normalized spacial score (nSPS) is 14.5. The quantitative estimate of drug-likeness (QED) is 0.901. The number of amides is 1. The van der Waals surface area contributed by atoms with Gasteiger partial charge in [-0.2, -0.15) is 0 Å². The molecule has 1 aliphatic rings. The van der Waals surface area contributed by atoms with Gasteiger partial charge in [-0.3, -0.25) is 4.90 Å². The van der Waals surface area contributed by atoms with E-state index in [1.807, 2.05) is 39.0 Å². The van der Waals surface area contributed by atoms with Crippen molar-refractivity contribution in [1.82, 2.24) is 0 Å². The molecule has 0 unspecified atom stereocenters. The molecule has 110 valence electrons. The molecule has 1 amide bonds. The highest BCUT2D eigenvalue weighted by Gasteiger charge is 2.28. The molecule has 0 fully saturated rings. The minimum atomic E-state index is -0.505. The van der Waals surface area contributed by atoms with Crippen LogP contribution in [0.15, 0.2) is 18.2 Å². The van der Waals surface area contributed by atoms with Crippen LogP contribution in [-0.2, 0) is 11.2 Å². The van der Waals surface area contributed by atoms with Crippen molar-refractivity contribution >= 4 is 11.8 Å². The summed E-state index contributed by atoms with van der Waals surface area (Å²) in [6, 6.07) is 5.81. The highest BCUT2D eigenvalue weighted by atomic mass is 16.6. The monoisotopic (exact) mass is 278 g/mol. The van der Waals surface area contributed by atoms with Crippen molar-refractivity contribution in [3.05, 3.63) is 23.8 Å². The molecule has 0 atom stereocenters. The van der Waals surface area contributed by atoms with Crippen molar-refractivity contribution in [2.45, 2.75) is 32.8 Å². The average Bonchev–Trinajstić information content (AvgIpc) is 2.36. The fourth-order valence-corrected chi connectivity index (χ4v) is 2.09. The first-order chi connectivity index (χ1) is 9.40. The van der Waals surface area contributed by atoms with E-state index in [0.29, 0.717) is 25.4 Å². The van der Waals surface area contributed by atoms with E-state index < -0.39 is 5.60 Å². The summed E-state index contributed by atoms with van der Waals surface area (Å²) in [6.07, 6.45) is 0.455. The molecular weight excluding hydrogens is 256 g/mol. The van der Waals surface area contributed by atoms with Crippen LogP contribution >= 0.6 is 0 Å². The molecule has 5 nitrogen and oxygen atoms in total. The van der Waals surface area contributed by atoms with Crippen LogP contribution in [0.5, 0.6) is 5.75 Å². The molecule has 2 N–H and O–H groups in total. The minimum Gasteiger partial charge on any atom is -0.490 e. The standard InChI is InChI=1S/C15H22N2O3/c1-15(2,3)20-14(18)17-8-9-19-13-10-11(6-7-16)4-5-12(13)17/h4-5,10H,6-9,16H2,1-3H3. The zero-order valence-corrected chi connectivity index (χ0v) is 12.3. The van der Waals surface area contributed by atoms with Crippen molar-refractivity contribution in [3.8, 4) is 5.75 Å². The SMILES string of the molecule is CC(C)(C)OC(=O)N1CCOc2cc(CCN)ccc21. The van der Waals surface area contributed by atoms with Gasteiger partial charge in [0.1, 0.15) is 18.0 Å². The maximum atomic E-state index is 12.2. The summed E-state index contributed by atoms with van der Waals surface area (Å²) in [4.78, 5) is 13.8. The number of ether oxygens (including phenoxy) is 2. The molecule has 0 aromatic heterocycles. The summed E-state index contributed by atoms with van der Waals surface area (Å²) in [5.74, 6) is 0.716. The summed E-state index contributed by atoms with van der Waals surface area (Å²) in [5, 5.41) is 0. The molecule has 0 spiro atoms. The minimum absolute atomic E-state index is 0.339. The molecule has 20 heavy (non-hydrogen) atoms. The van der Waals surface area contributed by atoms with Crippen molar-refractivity contribution in [2.24, 2.45) is 5.73 Å². The zero-order chi connectivity index (χ0) is 14.8. The molecule has 1 aromatic carbocycles. The Kier molecular flexibility index (Phi) is 4.18. The summed E-state index contributed by atoms with van der Waals surface area (Å²) < 4.78 is 11.1. The van der Waals surface area contributed by atoms with Crippen molar-refractivity contribution in [2.75, 3.05) is 24.6 Å². The van der Waals surface area contributed by atoms with E-state index in [2.05, 4.69) is 0 Å². The molecular formula is C15H22N2O3. The van der Waals surface area contributed by atoms with E-state index >= 15 is 0 Å². The van der Waals surface area contributed by atoms with Gasteiger partial charge in [0.2, 0.25) is 0 Å². The Morgan fingerprint density at radius 2 is 2.20 bits per heavy atom. The Bertz CT molecular complexity index is 494. The third-order valence-corrected chi connectivity index (χ3v) is 2.93. The topological polar surface area (TPSA) is 64.8 Å². The molecule has 5 heteroatoms. The van der Waals surface area contributed by atoms with Crippen LogP contribution in [-0.4, -0.2) is 31.4 Å². The lowest BCUT2D eigenvalue weighted by atomic mass is 10.1. The summed E-state index contributed by atoms with van der Waals surface area (Å²) in [6.45, 7) is 7.13. The third-order valence-electron chi connectivity index (χ3n) is 2.93. The van der Waals surface area contributed by atoms with Crippen LogP contribution in [0.1, 0.15) is 26.3 Å². The first-order valence-corrected chi connectivity index (χ1v) is 6.87. The first kappa shape index (κ1) is 14.7. The molecule has 1 heterocycles. The highest BCUT2D eigenvalue weighted by molar-refractivity contribution is 5.90. The maximum absolute atomic E-state index is 12.2. The van der Waals surface area contributed by atoms with Crippen LogP contribution in [0.25, 0.3) is 0 Å². The fraction of sp³-hybridized carbons (Fsp3) is 0.533. The van der Waals surface area contributed by atoms with Crippen molar-refractivity contribution in [3.63, 3.8) is 0 Å². The van der Waals surface area contributed by atoms with Crippen LogP contribution in [0, 0.1) is 0 Å². The molecule has 1 aromatic rings. The summed E-state index contributed by atoms with van der Waals surface area (Å²) in [7, 11) is 0. The van der Waals surface area contributed by atoms with Gasteiger partial charge in [-0.25, -0.2) is 4.79 Å². The molecule has 2 rings (SSSR count). The zero-order valence-electron chi connectivity index (χ0n) is 12.3. The predicted molar refractivity (Wildman–Crippen MR) is 78.3 cm³/mol. The third kappa shape index (κ3) is 3.42. The number of carbonyl (C=O) groups is 1. The second-order valence-corrected chi connectivity index (χ2v) is 5.82. The van der Waals surface area contributed by atoms with E-state index in [1.54, 1.807) is 4.90 Å². The van der Waals surface area contributed by atoms with E-state index in [0.717, 1.165) is 17.7 Å². The van der Waals surface area contributed by atoms with Gasteiger partial charge in [-0.15, -0.1) is 0 Å². The largest absolute Gasteiger partial charge is 0.490 e. The number of hydrogen-bond acceptors (Lipinski definition) is 4. The van der Waals surface area contributed by atoms with Gasteiger partial charge in [0.15, 0.2) is 0 Å². The molecule has 0 saturated carbocycles. The second kappa shape index (κ2) is 5.71. The average molecular weight is 278 g/mol. The Morgan fingerprint density at radius 3 is 2.85 bits per heavy atom. The second-order valence-electron chi connectivity index (χ2n) is 5.82. The highest BCUT2D eigenvalue weighted by Crippen LogP contribution is 2.33. The first-order valence-electron chi connectivity index (χ1n) is 6.87. The van der Waals surface area contributed by atoms with Crippen LogP contribution in [0.4, 0.5) is 10.5 Å². The smallest absolute Gasteiger partial charge is 0.415 e. The van der Waals surface area contributed by atoms with Crippen molar-refractivity contribution < 1.29 is 14.3 Å². The van der Waals surface area contributed by atoms with E-state index in [-0.39, 0.29) is 6.09 Å². The molecule has 0 saturated heterocycles. The van der Waals surface area contributed by atoms with E-state index in [1.165, 1.54) is 0 Å². The molecule has 0 bridgehead atoms. The number of fused-ring (bicyclic) bond motifs is 1. The van der Waals surface area contributed by atoms with Crippen molar-refractivity contribution in [1.29, 1.82) is 0 Å². The maximum Gasteiger partial charge on any atom is 0.415 e. The van der Waals surface area contributed by atoms with Gasteiger partial charge >= 0.3 is 6.09 Å². The van der Waals surface area contributed by atoms with Gasteiger partial charge in [0, 0.05) is 0 Å². The van der Waals surface area contributed by atoms with E-state index in [4.69, 9.17) is 15.2 Å². The van der Waals surface area contributed by atoms with E-state index in [9.17, 15) is 4.79 Å². The predicted octanol–water partition coefficient (Wildman–Crippen LogP) is 2.32. The number of nitrogens with zero attached hydrogens (tertiary/aromatic N) is 1. The Hall–Kier alpha value is -1.75. The number of carbonyl (C=O) groups excluding carboxylic acids is 1. The van der Waals surface area contributed by atoms with Gasteiger partial charge < -0.3 is 15.2 Å². The molecule has 1 aliphatic heterocycles. The fourth-order valence-electron chi connectivity index (χ4n) is 2.09. The number of rotatable bonds is 2. The Labute approximate surface area is 119 Å². The lowest BCUT2D eigenvalue weighted by molar-refractivity contribution is 0.0568. The molecule has 0 radical (unpaired) electrons. The van der Waals surface area contributed by atoms with Gasteiger partial charge in [-0.1, -0.05) is 6.07 Å². The lowest BCUT2D eigenvalue weighted by Crippen LogP contribution is -2.41. The summed E-state index contributed by atoms with van der Waals surface area (Å²) in [5.41, 5.74) is 6.92. The van der Waals surface area contributed by atoms with Gasteiger partial charge in [0.25, 0.3) is 0 Å². The van der Waals surface area contributed by atoms with Crippen LogP contribution < -0.4 is 15.4 Å². The Balaban J connectivity index is 2.22. The van der Waals surface area contributed by atoms with Crippen LogP contribution in [0.2, 0.25) is 0 Å². The van der Waals surface area contributed by atoms with Gasteiger partial charge in [-0.05, 0) is 51.4 Å². The van der Waals surface area contributed by atoms with Crippen LogP contribution in [0.3, 0.4) is 0 Å². The number of hydrogen-bond donors (Lipinski definition) is 1. The Morgan fingerprint density at radius 1 is 1.45 bits per heavy atom. The lowest BCUT2D eigenvalue weighted by Gasteiger charge is -2.31. The number of benzene rings is 1. The number of anilines is 1. The summed E-state index contributed by atoms with van der Waals surface area (Å²) >= 11 is 0. The van der Waals surface area contributed by atoms with Gasteiger partial charge in [0.05, 0.1) is 12.2 Å².